The summed E-state index contributed by atoms with van der Waals surface area (Å²) in [6.07, 6.45) is 98.4. The topological polar surface area (TPSA) is 69.6 Å². The molecule has 0 aromatic heterocycles. The van der Waals surface area contributed by atoms with Crippen LogP contribution in [0.2, 0.25) is 0 Å². The Morgan fingerprint density at radius 2 is 0.571 bits per heavy atom. The predicted molar refractivity (Wildman–Crippen MR) is 345 cm³/mol. The fourth-order valence-corrected chi connectivity index (χ4v) is 10.7. The highest BCUT2D eigenvalue weighted by molar-refractivity contribution is 5.76. The maximum absolute atomic E-state index is 12.5. The Balaban J connectivity index is 3.43. The Labute approximate surface area is 482 Å². The molecular formula is C73H135NO3. The summed E-state index contributed by atoms with van der Waals surface area (Å²) in [5, 5.41) is 23.3. The van der Waals surface area contributed by atoms with Crippen molar-refractivity contribution in [1.29, 1.82) is 0 Å². The standard InChI is InChI=1S/C73H135NO3/c1-3-5-7-9-11-13-15-17-19-21-23-25-27-29-31-32-33-34-35-36-37-38-39-40-41-42-43-45-47-49-51-53-55-57-59-61-63-65-67-69-73(77)74-71(70-75)72(76)68-66-64-62-60-58-56-54-52-50-48-46-44-30-28-26-24-22-20-18-16-14-12-10-8-6-4-2/h5,7,11,13,17,19,23,25,29,31,66,68,71-72,75-76H,3-4,6,8-10,12,14-16,18,20-22,24,26-28,30,32-65,67,69-70H2,1-2H3,(H,74,77)/b7-5-,13-11-,19-17-,25-23-,31-29-,68-66+. The van der Waals surface area contributed by atoms with Crippen molar-refractivity contribution in [2.45, 2.75) is 379 Å². The Kier molecular flexibility index (Phi) is 66.2. The second-order valence-corrected chi connectivity index (χ2v) is 23.6. The molecule has 1 amide bonds. The molecule has 0 radical (unpaired) electrons. The van der Waals surface area contributed by atoms with Gasteiger partial charge in [0.15, 0.2) is 0 Å². The van der Waals surface area contributed by atoms with Crippen molar-refractivity contribution in [3.8, 4) is 0 Å². The minimum atomic E-state index is -0.841. The quantitative estimate of drug-likeness (QED) is 0.0420. The van der Waals surface area contributed by atoms with E-state index in [9.17, 15) is 15.0 Å². The zero-order valence-electron chi connectivity index (χ0n) is 52.0. The summed E-state index contributed by atoms with van der Waals surface area (Å²) in [6.45, 7) is 4.23. The average Bonchev–Trinajstić information content (AvgIpc) is 3.43. The first-order valence-corrected chi connectivity index (χ1v) is 34.7. The lowest BCUT2D eigenvalue weighted by Crippen LogP contribution is -2.45. The maximum Gasteiger partial charge on any atom is 0.220 e. The normalized spacial score (nSPS) is 13.1. The van der Waals surface area contributed by atoms with E-state index in [4.69, 9.17) is 0 Å². The molecule has 4 heteroatoms. The van der Waals surface area contributed by atoms with Gasteiger partial charge in [0.25, 0.3) is 0 Å². The third-order valence-corrected chi connectivity index (χ3v) is 15.9. The van der Waals surface area contributed by atoms with Crippen LogP contribution in [0.1, 0.15) is 367 Å². The van der Waals surface area contributed by atoms with Gasteiger partial charge in [-0.2, -0.15) is 0 Å². The van der Waals surface area contributed by atoms with Crippen molar-refractivity contribution in [3.63, 3.8) is 0 Å². The highest BCUT2D eigenvalue weighted by atomic mass is 16.3. The number of carbonyl (C=O) groups is 1. The van der Waals surface area contributed by atoms with Crippen molar-refractivity contribution >= 4 is 5.91 Å². The number of hydrogen-bond acceptors (Lipinski definition) is 3. The van der Waals surface area contributed by atoms with Crippen molar-refractivity contribution in [2.75, 3.05) is 6.61 Å². The average molecular weight is 1070 g/mol. The van der Waals surface area contributed by atoms with Crippen LogP contribution < -0.4 is 5.32 Å². The lowest BCUT2D eigenvalue weighted by molar-refractivity contribution is -0.123. The van der Waals surface area contributed by atoms with E-state index in [0.717, 1.165) is 57.8 Å². The Hall–Kier alpha value is -2.17. The van der Waals surface area contributed by atoms with E-state index in [-0.39, 0.29) is 12.5 Å². The monoisotopic (exact) mass is 1070 g/mol. The van der Waals surface area contributed by atoms with E-state index in [1.54, 1.807) is 6.08 Å². The van der Waals surface area contributed by atoms with Crippen LogP contribution in [0.3, 0.4) is 0 Å². The number of aliphatic hydroxyl groups is 2. The molecule has 0 aliphatic heterocycles. The van der Waals surface area contributed by atoms with Crippen LogP contribution >= 0.6 is 0 Å². The fraction of sp³-hybridized carbons (Fsp3) is 0.822. The van der Waals surface area contributed by atoms with E-state index >= 15 is 0 Å². The van der Waals surface area contributed by atoms with Gasteiger partial charge < -0.3 is 15.5 Å². The maximum atomic E-state index is 12.5. The van der Waals surface area contributed by atoms with E-state index in [1.807, 2.05) is 6.08 Å². The van der Waals surface area contributed by atoms with Crippen LogP contribution in [0.5, 0.6) is 0 Å². The van der Waals surface area contributed by atoms with Crippen LogP contribution in [-0.2, 0) is 4.79 Å². The zero-order valence-corrected chi connectivity index (χ0v) is 52.0. The van der Waals surface area contributed by atoms with E-state index in [2.05, 4.69) is 79.9 Å². The van der Waals surface area contributed by atoms with Gasteiger partial charge >= 0.3 is 0 Å². The van der Waals surface area contributed by atoms with Crippen LogP contribution in [0.4, 0.5) is 0 Å². The molecule has 450 valence electrons. The number of carbonyl (C=O) groups excluding carboxylic acids is 1. The Morgan fingerprint density at radius 3 is 0.857 bits per heavy atom. The van der Waals surface area contributed by atoms with E-state index in [0.29, 0.717) is 6.42 Å². The first kappa shape index (κ1) is 74.8. The molecule has 0 aromatic carbocycles. The molecule has 4 nitrogen and oxygen atoms in total. The van der Waals surface area contributed by atoms with Gasteiger partial charge in [-0.3, -0.25) is 4.79 Å². The second kappa shape index (κ2) is 68.1. The molecule has 3 N–H and O–H groups in total. The summed E-state index contributed by atoms with van der Waals surface area (Å²) >= 11 is 0. The molecule has 2 unspecified atom stereocenters. The molecule has 0 spiro atoms. The third-order valence-electron chi connectivity index (χ3n) is 15.9. The fourth-order valence-electron chi connectivity index (χ4n) is 10.7. The molecule has 0 bridgehead atoms. The van der Waals surface area contributed by atoms with Crippen molar-refractivity contribution in [2.24, 2.45) is 0 Å². The minimum absolute atomic E-state index is 0.0574. The van der Waals surface area contributed by atoms with Crippen molar-refractivity contribution in [3.05, 3.63) is 72.9 Å². The van der Waals surface area contributed by atoms with Crippen LogP contribution in [0, 0.1) is 0 Å². The second-order valence-electron chi connectivity index (χ2n) is 23.6. The molecule has 0 saturated heterocycles. The number of hydrogen-bond donors (Lipinski definition) is 3. The van der Waals surface area contributed by atoms with Gasteiger partial charge in [-0.25, -0.2) is 0 Å². The summed E-state index contributed by atoms with van der Waals surface area (Å²) in [4.78, 5) is 12.5. The summed E-state index contributed by atoms with van der Waals surface area (Å²) in [5.74, 6) is -0.0574. The Morgan fingerprint density at radius 1 is 0.325 bits per heavy atom. The highest BCUT2D eigenvalue weighted by Gasteiger charge is 2.18. The Bertz CT molecular complexity index is 1310. The lowest BCUT2D eigenvalue weighted by Gasteiger charge is -2.20. The molecular weight excluding hydrogens is 939 g/mol. The van der Waals surface area contributed by atoms with Gasteiger partial charge in [-0.05, 0) is 64.2 Å². The van der Waals surface area contributed by atoms with Crippen LogP contribution in [0.15, 0.2) is 72.9 Å². The molecule has 0 fully saturated rings. The number of rotatable bonds is 64. The molecule has 0 aliphatic carbocycles. The van der Waals surface area contributed by atoms with Gasteiger partial charge in [0.1, 0.15) is 0 Å². The van der Waals surface area contributed by atoms with Gasteiger partial charge in [-0.15, -0.1) is 0 Å². The molecule has 0 aromatic rings. The summed E-state index contributed by atoms with van der Waals surface area (Å²) in [5.41, 5.74) is 0. The van der Waals surface area contributed by atoms with Crippen LogP contribution in [-0.4, -0.2) is 34.9 Å². The minimum Gasteiger partial charge on any atom is -0.394 e. The smallest absolute Gasteiger partial charge is 0.220 e. The molecule has 0 rings (SSSR count). The lowest BCUT2D eigenvalue weighted by atomic mass is 10.0. The molecule has 77 heavy (non-hydrogen) atoms. The summed E-state index contributed by atoms with van der Waals surface area (Å²) < 4.78 is 0. The van der Waals surface area contributed by atoms with E-state index < -0.39 is 12.1 Å². The molecule has 2 atom stereocenters. The first-order valence-electron chi connectivity index (χ1n) is 34.7. The zero-order chi connectivity index (χ0) is 55.5. The number of allylic oxidation sites excluding steroid dienone is 11. The van der Waals surface area contributed by atoms with Crippen molar-refractivity contribution < 1.29 is 15.0 Å². The largest absolute Gasteiger partial charge is 0.394 e. The predicted octanol–water partition coefficient (Wildman–Crippen LogP) is 23.7. The third kappa shape index (κ3) is 64.5. The number of amides is 1. The van der Waals surface area contributed by atoms with Gasteiger partial charge in [0, 0.05) is 6.42 Å². The number of unbranched alkanes of at least 4 members (excludes halogenated alkanes) is 47. The van der Waals surface area contributed by atoms with E-state index in [1.165, 1.54) is 289 Å². The molecule has 0 saturated carbocycles. The van der Waals surface area contributed by atoms with Crippen molar-refractivity contribution in [1.82, 2.24) is 5.32 Å². The number of nitrogens with one attached hydrogen (secondary N) is 1. The SMILES string of the molecule is CC/C=C\C/C=C\C/C=C\C/C=C\C/C=C\CCCCCCCCCCCCCCCCCCCCCCCCCC(=O)NC(CO)C(O)/C=C/CCCCCCCCCCCCCCCCCCCCCCCCCC. The van der Waals surface area contributed by atoms with Gasteiger partial charge in [-0.1, -0.05) is 369 Å². The summed E-state index contributed by atoms with van der Waals surface area (Å²) in [6, 6.07) is -0.624. The number of aliphatic hydroxyl groups excluding tert-OH is 2. The van der Waals surface area contributed by atoms with Gasteiger partial charge in [0.05, 0.1) is 18.8 Å². The first-order chi connectivity index (χ1) is 38.2. The summed E-state index contributed by atoms with van der Waals surface area (Å²) in [7, 11) is 0. The molecule has 0 heterocycles. The molecule has 0 aliphatic rings. The van der Waals surface area contributed by atoms with Crippen LogP contribution in [0.25, 0.3) is 0 Å². The van der Waals surface area contributed by atoms with Gasteiger partial charge in [0.2, 0.25) is 5.91 Å². The highest BCUT2D eigenvalue weighted by Crippen LogP contribution is 2.19.